The van der Waals surface area contributed by atoms with Crippen LogP contribution in [0.1, 0.15) is 23.0 Å². The van der Waals surface area contributed by atoms with Crippen molar-refractivity contribution in [1.29, 1.82) is 0 Å². The molecule has 0 aliphatic rings. The van der Waals surface area contributed by atoms with Gasteiger partial charge in [0.2, 0.25) is 5.91 Å². The molecule has 2 amide bonds. The number of nitrogens with one attached hydrogen (secondary N) is 2. The Bertz CT molecular complexity index is 1260. The predicted octanol–water partition coefficient (Wildman–Crippen LogP) is 4.15. The molecule has 2 heterocycles. The van der Waals surface area contributed by atoms with Crippen LogP contribution in [0.2, 0.25) is 0 Å². The SMILES string of the molecule is CC(=O)Nc1cccc(NC(=O)c2cc(-c3ccccc3)nc3c2c(C)nn3C)c1. The van der Waals surface area contributed by atoms with Crippen LogP contribution in [0.15, 0.2) is 60.7 Å². The lowest BCUT2D eigenvalue weighted by atomic mass is 10.0. The highest BCUT2D eigenvalue weighted by atomic mass is 16.2. The highest BCUT2D eigenvalue weighted by Crippen LogP contribution is 2.27. The first-order valence-corrected chi connectivity index (χ1v) is 9.51. The number of rotatable bonds is 4. The van der Waals surface area contributed by atoms with Crippen molar-refractivity contribution in [2.45, 2.75) is 13.8 Å². The lowest BCUT2D eigenvalue weighted by Crippen LogP contribution is -2.14. The average molecular weight is 399 g/mol. The Kier molecular flexibility index (Phi) is 5.02. The van der Waals surface area contributed by atoms with E-state index >= 15 is 0 Å². The number of benzene rings is 2. The zero-order valence-corrected chi connectivity index (χ0v) is 16.9. The number of pyridine rings is 1. The number of fused-ring (bicyclic) bond motifs is 1. The molecule has 7 heteroatoms. The number of anilines is 2. The van der Waals surface area contributed by atoms with Crippen molar-refractivity contribution in [3.05, 3.63) is 71.9 Å². The van der Waals surface area contributed by atoms with Crippen LogP contribution in [0.5, 0.6) is 0 Å². The van der Waals surface area contributed by atoms with E-state index in [0.29, 0.717) is 33.7 Å². The Morgan fingerprint density at radius 1 is 0.933 bits per heavy atom. The van der Waals surface area contributed by atoms with Gasteiger partial charge in [0.15, 0.2) is 5.65 Å². The van der Waals surface area contributed by atoms with Crippen LogP contribution in [0.4, 0.5) is 11.4 Å². The lowest BCUT2D eigenvalue weighted by Gasteiger charge is -2.11. The molecule has 0 aliphatic carbocycles. The summed E-state index contributed by atoms with van der Waals surface area (Å²) in [4.78, 5) is 29.3. The van der Waals surface area contributed by atoms with Crippen molar-refractivity contribution in [2.24, 2.45) is 7.05 Å². The van der Waals surface area contributed by atoms with Gasteiger partial charge in [0.25, 0.3) is 5.91 Å². The molecule has 0 atom stereocenters. The van der Waals surface area contributed by atoms with Crippen LogP contribution in [-0.4, -0.2) is 26.6 Å². The Hall–Kier alpha value is -4.00. The van der Waals surface area contributed by atoms with Crippen molar-refractivity contribution in [1.82, 2.24) is 14.8 Å². The number of amides is 2. The van der Waals surface area contributed by atoms with Gasteiger partial charge < -0.3 is 10.6 Å². The van der Waals surface area contributed by atoms with E-state index in [1.807, 2.05) is 44.3 Å². The fraction of sp³-hybridized carbons (Fsp3) is 0.130. The van der Waals surface area contributed by atoms with Crippen molar-refractivity contribution in [3.63, 3.8) is 0 Å². The average Bonchev–Trinajstić information content (AvgIpc) is 3.01. The van der Waals surface area contributed by atoms with E-state index in [4.69, 9.17) is 4.98 Å². The van der Waals surface area contributed by atoms with Gasteiger partial charge in [-0.1, -0.05) is 36.4 Å². The number of carbonyl (C=O) groups excluding carboxylic acids is 2. The topological polar surface area (TPSA) is 88.9 Å². The monoisotopic (exact) mass is 399 g/mol. The molecule has 0 fully saturated rings. The molecule has 4 aromatic rings. The molecule has 0 saturated carbocycles. The minimum atomic E-state index is -0.268. The molecule has 0 saturated heterocycles. The Morgan fingerprint density at radius 2 is 1.63 bits per heavy atom. The molecule has 0 radical (unpaired) electrons. The summed E-state index contributed by atoms with van der Waals surface area (Å²) < 4.78 is 1.69. The first kappa shape index (κ1) is 19.3. The molecule has 0 spiro atoms. The van der Waals surface area contributed by atoms with Gasteiger partial charge in [-0.25, -0.2) is 4.98 Å². The fourth-order valence-electron chi connectivity index (χ4n) is 3.46. The molecule has 30 heavy (non-hydrogen) atoms. The van der Waals surface area contributed by atoms with E-state index in [2.05, 4.69) is 15.7 Å². The first-order valence-electron chi connectivity index (χ1n) is 9.51. The summed E-state index contributed by atoms with van der Waals surface area (Å²) in [6.45, 7) is 3.30. The maximum atomic E-state index is 13.2. The summed E-state index contributed by atoms with van der Waals surface area (Å²) in [5.74, 6) is -0.441. The van der Waals surface area contributed by atoms with E-state index in [9.17, 15) is 9.59 Å². The van der Waals surface area contributed by atoms with Gasteiger partial charge >= 0.3 is 0 Å². The summed E-state index contributed by atoms with van der Waals surface area (Å²) >= 11 is 0. The van der Waals surface area contributed by atoms with E-state index < -0.39 is 0 Å². The maximum Gasteiger partial charge on any atom is 0.256 e. The molecule has 0 unspecified atom stereocenters. The van der Waals surface area contributed by atoms with Crippen molar-refractivity contribution < 1.29 is 9.59 Å². The molecule has 2 aromatic carbocycles. The molecule has 2 aromatic heterocycles. The molecular formula is C23H21N5O2. The van der Waals surface area contributed by atoms with Gasteiger partial charge in [-0.15, -0.1) is 0 Å². The minimum absolute atomic E-state index is 0.173. The van der Waals surface area contributed by atoms with Crippen LogP contribution < -0.4 is 10.6 Å². The number of hydrogen-bond donors (Lipinski definition) is 2. The quantitative estimate of drug-likeness (QED) is 0.539. The fourth-order valence-corrected chi connectivity index (χ4v) is 3.46. The number of nitrogens with zero attached hydrogens (tertiary/aromatic N) is 3. The van der Waals surface area contributed by atoms with E-state index in [1.54, 1.807) is 35.0 Å². The summed E-state index contributed by atoms with van der Waals surface area (Å²) in [6.07, 6.45) is 0. The van der Waals surface area contributed by atoms with E-state index in [0.717, 1.165) is 11.3 Å². The smallest absolute Gasteiger partial charge is 0.256 e. The molecular weight excluding hydrogens is 378 g/mol. The van der Waals surface area contributed by atoms with Gasteiger partial charge in [0, 0.05) is 30.9 Å². The third-order valence-corrected chi connectivity index (χ3v) is 4.72. The highest BCUT2D eigenvalue weighted by molar-refractivity contribution is 6.13. The Labute approximate surface area is 173 Å². The normalized spacial score (nSPS) is 10.8. The number of hydrogen-bond acceptors (Lipinski definition) is 4. The van der Waals surface area contributed by atoms with E-state index in [-0.39, 0.29) is 11.8 Å². The minimum Gasteiger partial charge on any atom is -0.326 e. The van der Waals surface area contributed by atoms with E-state index in [1.165, 1.54) is 6.92 Å². The zero-order chi connectivity index (χ0) is 21.3. The molecule has 0 aliphatic heterocycles. The second-order valence-corrected chi connectivity index (χ2v) is 7.04. The Morgan fingerprint density at radius 3 is 2.33 bits per heavy atom. The largest absolute Gasteiger partial charge is 0.326 e. The van der Waals surface area contributed by atoms with Gasteiger partial charge in [-0.3, -0.25) is 14.3 Å². The second kappa shape index (κ2) is 7.79. The number of aromatic nitrogens is 3. The number of carbonyl (C=O) groups is 2. The number of aryl methyl sites for hydroxylation is 2. The van der Waals surface area contributed by atoms with Crippen molar-refractivity contribution >= 4 is 34.2 Å². The van der Waals surface area contributed by atoms with Crippen molar-refractivity contribution in [2.75, 3.05) is 10.6 Å². The molecule has 2 N–H and O–H groups in total. The Balaban J connectivity index is 1.77. The van der Waals surface area contributed by atoms with Gasteiger partial charge in [0.1, 0.15) is 0 Å². The first-order chi connectivity index (χ1) is 14.4. The molecule has 0 bridgehead atoms. The van der Waals surface area contributed by atoms with Gasteiger partial charge in [0.05, 0.1) is 22.3 Å². The maximum absolute atomic E-state index is 13.2. The summed E-state index contributed by atoms with van der Waals surface area (Å²) in [6, 6.07) is 18.5. The van der Waals surface area contributed by atoms with Crippen LogP contribution >= 0.6 is 0 Å². The third-order valence-electron chi connectivity index (χ3n) is 4.72. The molecule has 4 rings (SSSR count). The highest BCUT2D eigenvalue weighted by Gasteiger charge is 2.19. The van der Waals surface area contributed by atoms with Crippen LogP contribution in [-0.2, 0) is 11.8 Å². The third kappa shape index (κ3) is 3.77. The van der Waals surface area contributed by atoms with Crippen LogP contribution in [0, 0.1) is 6.92 Å². The van der Waals surface area contributed by atoms with Crippen molar-refractivity contribution in [3.8, 4) is 11.3 Å². The van der Waals surface area contributed by atoms with Gasteiger partial charge in [-0.2, -0.15) is 5.10 Å². The summed E-state index contributed by atoms with van der Waals surface area (Å²) in [5, 5.41) is 10.8. The van der Waals surface area contributed by atoms with Crippen LogP contribution in [0.3, 0.4) is 0 Å². The summed E-state index contributed by atoms with van der Waals surface area (Å²) in [5.41, 5.74) is 4.68. The molecule has 150 valence electrons. The predicted molar refractivity (Wildman–Crippen MR) is 117 cm³/mol. The lowest BCUT2D eigenvalue weighted by molar-refractivity contribution is -0.114. The second-order valence-electron chi connectivity index (χ2n) is 7.04. The zero-order valence-electron chi connectivity index (χ0n) is 16.9. The standard InChI is InChI=1S/C23H21N5O2/c1-14-21-19(23(30)25-18-11-7-10-17(12-18)24-15(2)29)13-20(16-8-5-4-6-9-16)26-22(21)28(3)27-14/h4-13H,1-3H3,(H,24,29)(H,25,30). The summed E-state index contributed by atoms with van der Waals surface area (Å²) in [7, 11) is 1.82. The van der Waals surface area contributed by atoms with Gasteiger partial charge in [-0.05, 0) is 31.2 Å². The van der Waals surface area contributed by atoms with Crippen LogP contribution in [0.25, 0.3) is 22.3 Å². The molecule has 7 nitrogen and oxygen atoms in total.